The Balaban J connectivity index is 4.69. The molecule has 0 aliphatic rings. The molecule has 0 aromatic rings. The van der Waals surface area contributed by atoms with E-state index in [0.29, 0.717) is 6.54 Å². The molecule has 0 rings (SSSR count). The Morgan fingerprint density at radius 3 is 2.32 bits per heavy atom. The van der Waals surface area contributed by atoms with Gasteiger partial charge in [0.2, 0.25) is 0 Å². The van der Waals surface area contributed by atoms with Gasteiger partial charge in [0.25, 0.3) is 0 Å². The summed E-state index contributed by atoms with van der Waals surface area (Å²) in [7, 11) is 0. The lowest BCUT2D eigenvalue weighted by Crippen LogP contribution is -2.53. The van der Waals surface area contributed by atoms with Gasteiger partial charge in [-0.3, -0.25) is 0 Å². The third kappa shape index (κ3) is 6.62. The molecule has 0 spiro atoms. The van der Waals surface area contributed by atoms with Gasteiger partial charge in [-0.15, -0.1) is 0 Å². The van der Waals surface area contributed by atoms with Crippen LogP contribution in [0.15, 0.2) is 0 Å². The number of aliphatic hydroxyl groups excluding tert-OH is 1. The first kappa shape index (κ1) is 17.2. The number of amides is 2. The molecule has 0 radical (unpaired) electrons. The number of carbonyl (C=O) groups is 2. The molecule has 108 valence electrons. The number of carboxylic acids is 1. The van der Waals surface area contributed by atoms with Gasteiger partial charge in [0, 0.05) is 13.1 Å². The fourth-order valence-electron chi connectivity index (χ4n) is 1.51. The van der Waals surface area contributed by atoms with Gasteiger partial charge in [0.15, 0.2) is 6.04 Å². The molecule has 0 fully saturated rings. The fourth-order valence-corrected chi connectivity index (χ4v) is 1.51. The van der Waals surface area contributed by atoms with E-state index in [0.717, 1.165) is 0 Å². The number of carbonyl (C=O) groups excluding carboxylic acids is 1. The van der Waals surface area contributed by atoms with Crippen molar-refractivity contribution < 1.29 is 19.8 Å². The first-order valence-corrected chi connectivity index (χ1v) is 6.12. The third-order valence-electron chi connectivity index (χ3n) is 2.39. The lowest BCUT2D eigenvalue weighted by molar-refractivity contribution is -0.141. The van der Waals surface area contributed by atoms with Crippen LogP contribution in [-0.4, -0.2) is 52.3 Å². The van der Waals surface area contributed by atoms with Crippen molar-refractivity contribution in [1.82, 2.24) is 10.2 Å². The fraction of sp³-hybridized carbons (Fsp3) is 0.750. The SMILES string of the molecule is CC(C)CN(CCC#N)C(=O)NC(C(=O)O)C(C)O. The number of nitriles is 1. The van der Waals surface area contributed by atoms with E-state index in [9.17, 15) is 14.7 Å². The number of aliphatic carboxylic acids is 1. The van der Waals surface area contributed by atoms with Crippen LogP contribution >= 0.6 is 0 Å². The number of carboxylic acid groups (broad SMARTS) is 1. The van der Waals surface area contributed by atoms with Crippen molar-refractivity contribution in [3.05, 3.63) is 0 Å². The summed E-state index contributed by atoms with van der Waals surface area (Å²) in [6.45, 7) is 5.76. The van der Waals surface area contributed by atoms with Gasteiger partial charge in [-0.2, -0.15) is 5.26 Å². The Kier molecular flexibility index (Phi) is 7.53. The van der Waals surface area contributed by atoms with Crippen molar-refractivity contribution in [2.75, 3.05) is 13.1 Å². The summed E-state index contributed by atoms with van der Waals surface area (Å²) in [5.74, 6) is -1.10. The summed E-state index contributed by atoms with van der Waals surface area (Å²) in [5, 5.41) is 29.0. The Morgan fingerprint density at radius 1 is 1.37 bits per heavy atom. The minimum atomic E-state index is -1.36. The van der Waals surface area contributed by atoms with E-state index >= 15 is 0 Å². The van der Waals surface area contributed by atoms with Crippen molar-refractivity contribution in [3.63, 3.8) is 0 Å². The molecule has 7 nitrogen and oxygen atoms in total. The van der Waals surface area contributed by atoms with Crippen LogP contribution in [-0.2, 0) is 4.79 Å². The second-order valence-corrected chi connectivity index (χ2v) is 4.75. The van der Waals surface area contributed by atoms with Crippen LogP contribution in [0.5, 0.6) is 0 Å². The minimum absolute atomic E-state index is 0.173. The highest BCUT2D eigenvalue weighted by molar-refractivity contribution is 5.83. The number of hydrogen-bond donors (Lipinski definition) is 3. The van der Waals surface area contributed by atoms with E-state index < -0.39 is 24.1 Å². The molecule has 0 aromatic carbocycles. The summed E-state index contributed by atoms with van der Waals surface area (Å²) in [5.41, 5.74) is 0. The predicted octanol–water partition coefficient (Wildman–Crippen LogP) is 0.402. The molecule has 0 saturated heterocycles. The molecule has 0 saturated carbocycles. The van der Waals surface area contributed by atoms with Gasteiger partial charge >= 0.3 is 12.0 Å². The average molecular weight is 271 g/mol. The van der Waals surface area contributed by atoms with Crippen LogP contribution in [0.4, 0.5) is 4.79 Å². The molecule has 0 aliphatic carbocycles. The Labute approximate surface area is 112 Å². The molecular weight excluding hydrogens is 250 g/mol. The third-order valence-corrected chi connectivity index (χ3v) is 2.39. The summed E-state index contributed by atoms with van der Waals surface area (Å²) < 4.78 is 0. The second kappa shape index (κ2) is 8.32. The zero-order chi connectivity index (χ0) is 15.0. The molecule has 0 heterocycles. The molecule has 2 atom stereocenters. The Hall–Kier alpha value is -1.81. The van der Waals surface area contributed by atoms with Gasteiger partial charge < -0.3 is 20.4 Å². The lowest BCUT2D eigenvalue weighted by atomic mass is 10.2. The second-order valence-electron chi connectivity index (χ2n) is 4.75. The molecule has 0 aliphatic heterocycles. The van der Waals surface area contributed by atoms with Crippen molar-refractivity contribution >= 4 is 12.0 Å². The lowest BCUT2D eigenvalue weighted by Gasteiger charge is -2.26. The first-order chi connectivity index (χ1) is 8.79. The summed E-state index contributed by atoms with van der Waals surface area (Å²) in [4.78, 5) is 24.2. The number of nitrogens with zero attached hydrogens (tertiary/aromatic N) is 2. The molecular formula is C12H21N3O4. The maximum absolute atomic E-state index is 11.9. The van der Waals surface area contributed by atoms with Gasteiger partial charge in [-0.25, -0.2) is 9.59 Å². The maximum atomic E-state index is 11.9. The van der Waals surface area contributed by atoms with Gasteiger partial charge in [-0.1, -0.05) is 13.8 Å². The standard InChI is InChI=1S/C12H21N3O4/c1-8(2)7-15(6-4-5-13)12(19)14-10(9(3)16)11(17)18/h8-10,16H,4,6-7H2,1-3H3,(H,14,19)(H,17,18). The van der Waals surface area contributed by atoms with Gasteiger partial charge in [0.05, 0.1) is 18.6 Å². The highest BCUT2D eigenvalue weighted by Crippen LogP contribution is 2.02. The molecule has 2 unspecified atom stereocenters. The maximum Gasteiger partial charge on any atom is 0.328 e. The van der Waals surface area contributed by atoms with Gasteiger partial charge in [0.1, 0.15) is 0 Å². The zero-order valence-corrected chi connectivity index (χ0v) is 11.5. The quantitative estimate of drug-likeness (QED) is 0.620. The number of rotatable bonds is 7. The summed E-state index contributed by atoms with van der Waals surface area (Å²) in [6, 6.07) is -0.00529. The molecule has 7 heteroatoms. The van der Waals surface area contributed by atoms with E-state index in [1.165, 1.54) is 11.8 Å². The normalized spacial score (nSPS) is 13.5. The summed E-state index contributed by atoms with van der Waals surface area (Å²) in [6.07, 6.45) is -1.02. The minimum Gasteiger partial charge on any atom is -0.480 e. The Morgan fingerprint density at radius 2 is 1.95 bits per heavy atom. The monoisotopic (exact) mass is 271 g/mol. The number of nitrogens with one attached hydrogen (secondary N) is 1. The van der Waals surface area contributed by atoms with Crippen LogP contribution in [0.1, 0.15) is 27.2 Å². The van der Waals surface area contributed by atoms with Crippen LogP contribution < -0.4 is 5.32 Å². The van der Waals surface area contributed by atoms with Gasteiger partial charge in [-0.05, 0) is 12.8 Å². The molecule has 0 bridgehead atoms. The van der Waals surface area contributed by atoms with Crippen LogP contribution in [0.3, 0.4) is 0 Å². The number of aliphatic hydroxyl groups is 1. The van der Waals surface area contributed by atoms with Crippen molar-refractivity contribution in [3.8, 4) is 6.07 Å². The van der Waals surface area contributed by atoms with Crippen molar-refractivity contribution in [2.24, 2.45) is 5.92 Å². The Bertz CT molecular complexity index is 349. The van der Waals surface area contributed by atoms with Crippen molar-refractivity contribution in [1.29, 1.82) is 5.26 Å². The predicted molar refractivity (Wildman–Crippen MR) is 68.3 cm³/mol. The van der Waals surface area contributed by atoms with E-state index in [2.05, 4.69) is 5.32 Å². The first-order valence-electron chi connectivity index (χ1n) is 6.12. The highest BCUT2D eigenvalue weighted by atomic mass is 16.4. The molecule has 3 N–H and O–H groups in total. The highest BCUT2D eigenvalue weighted by Gasteiger charge is 2.27. The van der Waals surface area contributed by atoms with E-state index in [4.69, 9.17) is 10.4 Å². The van der Waals surface area contributed by atoms with E-state index in [-0.39, 0.29) is 18.9 Å². The van der Waals surface area contributed by atoms with Crippen LogP contribution in [0.25, 0.3) is 0 Å². The molecule has 0 aromatic heterocycles. The molecule has 2 amide bonds. The van der Waals surface area contributed by atoms with E-state index in [1.54, 1.807) is 0 Å². The number of urea groups is 1. The topological polar surface area (TPSA) is 114 Å². The number of hydrogen-bond acceptors (Lipinski definition) is 4. The average Bonchev–Trinajstić information content (AvgIpc) is 2.29. The van der Waals surface area contributed by atoms with E-state index in [1.807, 2.05) is 19.9 Å². The van der Waals surface area contributed by atoms with Crippen molar-refractivity contribution in [2.45, 2.75) is 39.3 Å². The molecule has 19 heavy (non-hydrogen) atoms. The zero-order valence-electron chi connectivity index (χ0n) is 11.5. The summed E-state index contributed by atoms with van der Waals surface area (Å²) >= 11 is 0. The smallest absolute Gasteiger partial charge is 0.328 e. The largest absolute Gasteiger partial charge is 0.480 e. The van der Waals surface area contributed by atoms with Crippen LogP contribution in [0, 0.1) is 17.2 Å². The van der Waals surface area contributed by atoms with Crippen LogP contribution in [0.2, 0.25) is 0 Å².